The number of hydrogen-bond donors (Lipinski definition) is 0. The van der Waals surface area contributed by atoms with Crippen molar-refractivity contribution in [1.29, 1.82) is 0 Å². The van der Waals surface area contributed by atoms with Crippen LogP contribution in [0.1, 0.15) is 24.1 Å². The van der Waals surface area contributed by atoms with E-state index in [9.17, 15) is 4.79 Å². The first-order valence-electron chi connectivity index (χ1n) is 6.34. The molecule has 0 fully saturated rings. The highest BCUT2D eigenvalue weighted by molar-refractivity contribution is 5.94. The van der Waals surface area contributed by atoms with E-state index in [1.807, 2.05) is 0 Å². The molecule has 0 radical (unpaired) electrons. The van der Waals surface area contributed by atoms with Crippen molar-refractivity contribution >= 4 is 16.7 Å². The lowest BCUT2D eigenvalue weighted by molar-refractivity contribution is -0.119. The number of carbonyl (C=O) groups is 1. The van der Waals surface area contributed by atoms with Gasteiger partial charge in [0.15, 0.2) is 0 Å². The summed E-state index contributed by atoms with van der Waals surface area (Å²) in [7, 11) is 4.17. The van der Waals surface area contributed by atoms with Gasteiger partial charge in [-0.2, -0.15) is 0 Å². The predicted octanol–water partition coefficient (Wildman–Crippen LogP) is 2.30. The second kappa shape index (κ2) is 3.95. The molecule has 1 aliphatic heterocycles. The van der Waals surface area contributed by atoms with Crippen LogP contribution < -0.4 is 0 Å². The Morgan fingerprint density at radius 3 is 2.72 bits per heavy atom. The zero-order valence-corrected chi connectivity index (χ0v) is 11.1. The normalized spacial score (nSPS) is 20.1. The number of para-hydroxylation sites is 1. The predicted molar refractivity (Wildman–Crippen MR) is 72.7 cm³/mol. The molecule has 0 saturated carbocycles. The third-order valence-corrected chi connectivity index (χ3v) is 4.02. The Hall–Kier alpha value is -1.61. The molecule has 0 N–H and O–H groups in total. The van der Waals surface area contributed by atoms with E-state index in [4.69, 9.17) is 0 Å². The summed E-state index contributed by atoms with van der Waals surface area (Å²) in [6.07, 6.45) is 0. The number of ketones is 1. The van der Waals surface area contributed by atoms with Crippen LogP contribution in [-0.2, 0) is 18.4 Å². The number of carbonyl (C=O) groups excluding carboxylic acids is 1. The molecule has 0 saturated heterocycles. The molecule has 18 heavy (non-hydrogen) atoms. The molecule has 1 unspecified atom stereocenters. The van der Waals surface area contributed by atoms with Gasteiger partial charge in [-0.3, -0.25) is 9.69 Å². The topological polar surface area (TPSA) is 25.2 Å². The average molecular weight is 242 g/mol. The van der Waals surface area contributed by atoms with Gasteiger partial charge in [-0.25, -0.2) is 0 Å². The van der Waals surface area contributed by atoms with Crippen molar-refractivity contribution in [3.8, 4) is 0 Å². The first-order valence-corrected chi connectivity index (χ1v) is 6.34. The minimum atomic E-state index is 0.0184. The summed E-state index contributed by atoms with van der Waals surface area (Å²) >= 11 is 0. The molecule has 1 aromatic carbocycles. The van der Waals surface area contributed by atoms with Gasteiger partial charge in [0.05, 0.1) is 5.92 Å². The Bertz CT molecular complexity index is 627. The molecule has 0 spiro atoms. The fourth-order valence-corrected chi connectivity index (χ4v) is 3.11. The van der Waals surface area contributed by atoms with Crippen molar-refractivity contribution in [3.63, 3.8) is 0 Å². The number of aryl methyl sites for hydroxylation is 1. The van der Waals surface area contributed by atoms with Gasteiger partial charge >= 0.3 is 0 Å². The fourth-order valence-electron chi connectivity index (χ4n) is 3.11. The van der Waals surface area contributed by atoms with Gasteiger partial charge in [0.2, 0.25) is 0 Å². The third kappa shape index (κ3) is 1.51. The smallest absolute Gasteiger partial charge is 0.138 e. The van der Waals surface area contributed by atoms with Gasteiger partial charge in [0.25, 0.3) is 0 Å². The number of Topliss-reactive ketones (excluding diaryl/α,β-unsaturated/α-hetero) is 1. The second-order valence-electron chi connectivity index (χ2n) is 5.30. The molecule has 2 aromatic rings. The number of fused-ring (bicyclic) bond motifs is 3. The van der Waals surface area contributed by atoms with E-state index >= 15 is 0 Å². The fraction of sp³-hybridized carbons (Fsp3) is 0.400. The van der Waals surface area contributed by atoms with Crippen LogP contribution in [0.15, 0.2) is 24.3 Å². The van der Waals surface area contributed by atoms with Crippen molar-refractivity contribution in [2.45, 2.75) is 19.4 Å². The summed E-state index contributed by atoms with van der Waals surface area (Å²) in [5.41, 5.74) is 3.76. The maximum Gasteiger partial charge on any atom is 0.138 e. The lowest BCUT2D eigenvalue weighted by Crippen LogP contribution is -2.33. The summed E-state index contributed by atoms with van der Waals surface area (Å²) in [4.78, 5) is 14.2. The van der Waals surface area contributed by atoms with Crippen LogP contribution in [0.25, 0.3) is 10.9 Å². The van der Waals surface area contributed by atoms with Gasteiger partial charge in [0.1, 0.15) is 5.78 Å². The van der Waals surface area contributed by atoms with Crippen LogP contribution in [0, 0.1) is 0 Å². The lowest BCUT2D eigenvalue weighted by Gasteiger charge is -2.29. The highest BCUT2D eigenvalue weighted by Gasteiger charge is 2.31. The largest absolute Gasteiger partial charge is 0.346 e. The van der Waals surface area contributed by atoms with Gasteiger partial charge in [-0.15, -0.1) is 0 Å². The monoisotopic (exact) mass is 242 g/mol. The van der Waals surface area contributed by atoms with Crippen molar-refractivity contribution < 1.29 is 4.79 Å². The van der Waals surface area contributed by atoms with E-state index in [0.29, 0.717) is 0 Å². The number of rotatable bonds is 1. The van der Waals surface area contributed by atoms with E-state index in [1.165, 1.54) is 22.2 Å². The van der Waals surface area contributed by atoms with E-state index in [-0.39, 0.29) is 11.7 Å². The van der Waals surface area contributed by atoms with E-state index in [0.717, 1.165) is 13.1 Å². The molecule has 3 nitrogen and oxygen atoms in total. The van der Waals surface area contributed by atoms with E-state index in [2.05, 4.69) is 47.8 Å². The molecule has 0 amide bonds. The summed E-state index contributed by atoms with van der Waals surface area (Å²) in [5, 5.41) is 1.24. The summed E-state index contributed by atoms with van der Waals surface area (Å²) in [6, 6.07) is 8.37. The first kappa shape index (κ1) is 11.5. The second-order valence-corrected chi connectivity index (χ2v) is 5.30. The number of likely N-dealkylation sites (N-methyl/N-ethyl adjacent to an activating group) is 1. The highest BCUT2D eigenvalue weighted by atomic mass is 16.1. The van der Waals surface area contributed by atoms with Crippen LogP contribution in [-0.4, -0.2) is 28.8 Å². The number of benzene rings is 1. The highest BCUT2D eigenvalue weighted by Crippen LogP contribution is 2.36. The molecule has 0 bridgehead atoms. The van der Waals surface area contributed by atoms with Crippen LogP contribution in [0.2, 0.25) is 0 Å². The summed E-state index contributed by atoms with van der Waals surface area (Å²) in [6.45, 7) is 3.45. The first-order chi connectivity index (χ1) is 8.59. The summed E-state index contributed by atoms with van der Waals surface area (Å²) in [5.74, 6) is 0.281. The SMILES string of the molecule is CC(=O)C1CN(C)Cc2c1c1ccccc1n2C. The van der Waals surface area contributed by atoms with Crippen LogP contribution in [0.4, 0.5) is 0 Å². The standard InChI is InChI=1S/C15H18N2O/c1-10(18)12-8-16(2)9-14-15(12)11-6-4-5-7-13(11)17(14)3/h4-7,12H,8-9H2,1-3H3. The maximum absolute atomic E-state index is 11.9. The Morgan fingerprint density at radius 2 is 2.00 bits per heavy atom. The number of aromatic nitrogens is 1. The molecule has 3 rings (SSSR count). The van der Waals surface area contributed by atoms with Gasteiger partial charge in [0, 0.05) is 36.7 Å². The molecule has 3 heteroatoms. The Morgan fingerprint density at radius 1 is 1.28 bits per heavy atom. The molecule has 1 aliphatic rings. The molecular weight excluding hydrogens is 224 g/mol. The zero-order valence-electron chi connectivity index (χ0n) is 11.1. The van der Waals surface area contributed by atoms with Gasteiger partial charge in [-0.1, -0.05) is 18.2 Å². The van der Waals surface area contributed by atoms with Crippen molar-refractivity contribution in [2.24, 2.45) is 7.05 Å². The molecule has 1 atom stereocenters. The Kier molecular flexibility index (Phi) is 2.52. The quantitative estimate of drug-likeness (QED) is 0.766. The minimum Gasteiger partial charge on any atom is -0.346 e. The van der Waals surface area contributed by atoms with E-state index < -0.39 is 0 Å². The Labute approximate surface area is 107 Å². The summed E-state index contributed by atoms with van der Waals surface area (Å²) < 4.78 is 2.23. The maximum atomic E-state index is 11.9. The zero-order chi connectivity index (χ0) is 12.9. The van der Waals surface area contributed by atoms with E-state index in [1.54, 1.807) is 6.92 Å². The van der Waals surface area contributed by atoms with Crippen LogP contribution in [0.5, 0.6) is 0 Å². The van der Waals surface area contributed by atoms with Crippen molar-refractivity contribution in [1.82, 2.24) is 9.47 Å². The lowest BCUT2D eigenvalue weighted by atomic mass is 9.89. The minimum absolute atomic E-state index is 0.0184. The van der Waals surface area contributed by atoms with Gasteiger partial charge < -0.3 is 4.57 Å². The van der Waals surface area contributed by atoms with Crippen LogP contribution >= 0.6 is 0 Å². The Balaban J connectivity index is 2.33. The third-order valence-electron chi connectivity index (χ3n) is 4.02. The van der Waals surface area contributed by atoms with Crippen LogP contribution in [0.3, 0.4) is 0 Å². The molecule has 2 heterocycles. The van der Waals surface area contributed by atoms with Crippen molar-refractivity contribution in [3.05, 3.63) is 35.5 Å². The average Bonchev–Trinajstić information content (AvgIpc) is 2.63. The van der Waals surface area contributed by atoms with Crippen molar-refractivity contribution in [2.75, 3.05) is 13.6 Å². The molecule has 0 aliphatic carbocycles. The number of hydrogen-bond acceptors (Lipinski definition) is 2. The number of nitrogens with zero attached hydrogens (tertiary/aromatic N) is 2. The molecule has 1 aromatic heterocycles. The molecular formula is C15H18N2O. The van der Waals surface area contributed by atoms with Gasteiger partial charge in [-0.05, 0) is 25.6 Å². The molecule has 94 valence electrons.